The second-order valence-electron chi connectivity index (χ2n) is 16.4. The summed E-state index contributed by atoms with van der Waals surface area (Å²) in [6.45, 7) is 7.45. The summed E-state index contributed by atoms with van der Waals surface area (Å²) in [7, 11) is 0. The Morgan fingerprint density at radius 3 is 1.84 bits per heavy atom. The lowest BCUT2D eigenvalue weighted by Crippen LogP contribution is -2.63. The average Bonchev–Trinajstić information content (AvgIpc) is 3.78. The molecule has 25 heteroatoms. The van der Waals surface area contributed by atoms with Crippen LogP contribution in [0, 0.1) is 11.8 Å². The number of amides is 10. The number of phenolic OH excluding ortho intramolecular Hbond substituents is 1. The Bertz CT molecular complexity index is 1970. The van der Waals surface area contributed by atoms with Crippen LogP contribution in [0.3, 0.4) is 0 Å². The lowest BCUT2D eigenvalue weighted by molar-refractivity contribution is -0.142. The van der Waals surface area contributed by atoms with Crippen LogP contribution in [0.2, 0.25) is 0 Å². The van der Waals surface area contributed by atoms with E-state index in [1.165, 1.54) is 36.4 Å². The smallest absolute Gasteiger partial charge is 0.250 e. The molecule has 1 aromatic carbocycles. The van der Waals surface area contributed by atoms with Crippen LogP contribution >= 0.6 is 25.3 Å². The summed E-state index contributed by atoms with van der Waals surface area (Å²) in [5.74, 6) is -10.7. The van der Waals surface area contributed by atoms with Crippen molar-refractivity contribution < 1.29 is 63.3 Å². The Hall–Kier alpha value is -5.76. The summed E-state index contributed by atoms with van der Waals surface area (Å²) in [4.78, 5) is 133. The van der Waals surface area contributed by atoms with E-state index in [9.17, 15) is 63.3 Å². The van der Waals surface area contributed by atoms with E-state index in [0.717, 1.165) is 11.8 Å². The van der Waals surface area contributed by atoms with Gasteiger partial charge in [0, 0.05) is 24.5 Å². The summed E-state index contributed by atoms with van der Waals surface area (Å²) in [6.07, 6.45) is -0.877. The van der Waals surface area contributed by atoms with E-state index in [0.29, 0.717) is 12.0 Å². The molecule has 1 aliphatic rings. The Balaban J connectivity index is 2.29. The Morgan fingerprint density at radius 1 is 0.731 bits per heavy atom. The van der Waals surface area contributed by atoms with Crippen LogP contribution in [0.1, 0.15) is 59.4 Å². The van der Waals surface area contributed by atoms with E-state index < -0.39 is 132 Å². The number of aliphatic hydroxyl groups excluding tert-OH is 2. The van der Waals surface area contributed by atoms with Crippen molar-refractivity contribution in [1.82, 2.24) is 42.1 Å². The van der Waals surface area contributed by atoms with Crippen LogP contribution in [-0.4, -0.2) is 158 Å². The number of imide groups is 1. The molecule has 0 aliphatic carbocycles. The number of primary amides is 1. The Labute approximate surface area is 398 Å². The first-order chi connectivity index (χ1) is 31.5. The minimum Gasteiger partial charge on any atom is -0.508 e. The molecule has 1 aromatic rings. The van der Waals surface area contributed by atoms with E-state index in [1.54, 1.807) is 27.7 Å². The molecule has 14 N–H and O–H groups in total. The highest BCUT2D eigenvalue weighted by molar-refractivity contribution is 7.80. The zero-order valence-corrected chi connectivity index (χ0v) is 39.7. The zero-order valence-electron chi connectivity index (χ0n) is 37.9. The third-order valence-corrected chi connectivity index (χ3v) is 11.2. The molecule has 0 spiro atoms. The lowest BCUT2D eigenvalue weighted by Gasteiger charge is -2.31. The van der Waals surface area contributed by atoms with Crippen molar-refractivity contribution >= 4 is 84.3 Å². The van der Waals surface area contributed by atoms with Crippen LogP contribution in [0.5, 0.6) is 5.75 Å². The minimum atomic E-state index is -1.82. The zero-order chi connectivity index (χ0) is 50.7. The fraction of sp³-hybridized carbons (Fsp3) is 0.571. The fourth-order valence-corrected chi connectivity index (χ4v) is 6.99. The number of nitrogens with two attached hydrogens (primary N) is 2. The van der Waals surface area contributed by atoms with Crippen molar-refractivity contribution in [2.24, 2.45) is 23.3 Å². The summed E-state index contributed by atoms with van der Waals surface area (Å²) < 4.78 is 0. The largest absolute Gasteiger partial charge is 0.508 e. The number of aromatic hydroxyl groups is 1. The van der Waals surface area contributed by atoms with Gasteiger partial charge in [-0.15, -0.1) is 0 Å². The molecule has 67 heavy (non-hydrogen) atoms. The second-order valence-corrected chi connectivity index (χ2v) is 17.1. The maximum Gasteiger partial charge on any atom is 0.250 e. The lowest BCUT2D eigenvalue weighted by atomic mass is 9.96. The molecule has 0 unspecified atom stereocenters. The highest BCUT2D eigenvalue weighted by Crippen LogP contribution is 2.16. The molecule has 0 fully saturated rings. The Kier molecular flexibility index (Phi) is 23.8. The van der Waals surface area contributed by atoms with Crippen molar-refractivity contribution in [3.63, 3.8) is 0 Å². The molecule has 0 saturated carbocycles. The van der Waals surface area contributed by atoms with Crippen LogP contribution in [-0.2, 0) is 54.4 Å². The van der Waals surface area contributed by atoms with Gasteiger partial charge >= 0.3 is 0 Å². The first kappa shape index (κ1) is 57.4. The van der Waals surface area contributed by atoms with Crippen molar-refractivity contribution in [3.05, 3.63) is 42.0 Å². The minimum absolute atomic E-state index is 0.0587. The van der Waals surface area contributed by atoms with Crippen LogP contribution < -0.4 is 48.7 Å². The van der Waals surface area contributed by atoms with E-state index in [-0.39, 0.29) is 42.6 Å². The monoisotopic (exact) mass is 980 g/mol. The predicted octanol–water partition coefficient (Wildman–Crippen LogP) is -4.22. The van der Waals surface area contributed by atoms with Crippen molar-refractivity contribution in [2.75, 3.05) is 24.6 Å². The van der Waals surface area contributed by atoms with Crippen LogP contribution in [0.4, 0.5) is 0 Å². The van der Waals surface area contributed by atoms with E-state index >= 15 is 0 Å². The number of thiol groups is 2. The molecule has 0 aromatic heterocycles. The molecule has 0 radical (unpaired) electrons. The number of hydrogen-bond donors (Lipinski definition) is 14. The third kappa shape index (κ3) is 18.1. The number of benzene rings is 1. The van der Waals surface area contributed by atoms with Gasteiger partial charge in [0.05, 0.1) is 19.1 Å². The van der Waals surface area contributed by atoms with Gasteiger partial charge in [-0.2, -0.15) is 25.3 Å². The Morgan fingerprint density at radius 2 is 1.30 bits per heavy atom. The number of carbonyl (C=O) groups excluding carboxylic acids is 10. The first-order valence-electron chi connectivity index (χ1n) is 21.4. The number of carbonyl (C=O) groups is 10. The second kappa shape index (κ2) is 27.8. The topological polar surface area (TPSA) is 371 Å². The average molecular weight is 981 g/mol. The normalized spacial score (nSPS) is 17.2. The van der Waals surface area contributed by atoms with E-state index in [4.69, 9.17) is 11.5 Å². The number of hydrogen-bond acceptors (Lipinski definition) is 16. The summed E-state index contributed by atoms with van der Waals surface area (Å²) in [6, 6.07) is -4.55. The number of phenols is 1. The predicted molar refractivity (Wildman–Crippen MR) is 248 cm³/mol. The molecule has 10 atom stereocenters. The third-order valence-electron chi connectivity index (χ3n) is 10.5. The van der Waals surface area contributed by atoms with Crippen LogP contribution in [0.15, 0.2) is 36.4 Å². The summed E-state index contributed by atoms with van der Waals surface area (Å²) >= 11 is 8.11. The van der Waals surface area contributed by atoms with Gasteiger partial charge < -0.3 is 63.6 Å². The molecule has 0 bridgehead atoms. The maximum atomic E-state index is 13.9. The van der Waals surface area contributed by atoms with Crippen molar-refractivity contribution in [2.45, 2.75) is 115 Å². The maximum absolute atomic E-state index is 13.9. The SMILES string of the molecule is CC[C@H](C)[C@H](NC(=O)[C@H](Cc1ccc(O)cc1)NC(=O)[C@@H](O)CS)C(=O)N[C@H](C(=O)N[C@@H](CC(N)=O)C(=O)N[C@@H](CS)C(=O)N1CC=C[C@H]1C(=O)N[C@@H](CC(C)C)C(=O)NC(=O)CN)[C@@H](C)O. The van der Waals surface area contributed by atoms with Gasteiger partial charge in [-0.05, 0) is 42.9 Å². The number of nitrogens with zero attached hydrogens (tertiary/aromatic N) is 1. The van der Waals surface area contributed by atoms with Gasteiger partial charge in [0.15, 0.2) is 0 Å². The number of rotatable bonds is 26. The van der Waals surface area contributed by atoms with E-state index in [2.05, 4.69) is 62.5 Å². The number of nitrogens with one attached hydrogen (secondary N) is 7. The molecular weight excluding hydrogens is 917 g/mol. The summed E-state index contributed by atoms with van der Waals surface area (Å²) in [5, 5.41) is 47.1. The molecule has 1 aliphatic heterocycles. The number of aliphatic hydroxyl groups is 2. The van der Waals surface area contributed by atoms with Gasteiger partial charge in [-0.1, -0.05) is 58.4 Å². The van der Waals surface area contributed by atoms with Gasteiger partial charge in [0.25, 0.3) is 0 Å². The van der Waals surface area contributed by atoms with Gasteiger partial charge in [-0.25, -0.2) is 0 Å². The molecule has 372 valence electrons. The molecule has 10 amide bonds. The van der Waals surface area contributed by atoms with Gasteiger partial charge in [0.1, 0.15) is 54.1 Å². The molecule has 0 saturated heterocycles. The quantitative estimate of drug-likeness (QED) is 0.0309. The molecule has 23 nitrogen and oxygen atoms in total. The molecular formula is C42H64N10O13S2. The standard InChI is InChI=1S/C42H64N10O13S2/c1-6-21(4)33(50-37(60)26(46-39(62)30(55)19-67)15-23-9-11-24(54)12-10-23)40(63)51-34(22(5)53)41(64)47-27(16-31(44)56)35(58)48-28(18-66)42(65)52-13-7-8-29(52)38(61)45-25(14-20(2)3)36(59)49-32(57)17-43/h7-12,20-22,25-30,33-34,53-55,66-67H,6,13-19,43H2,1-5H3,(H2,44,56)(H,45,61)(H,46,62)(H,47,64)(H,48,58)(H,50,60)(H,51,63)(H,49,57,59)/t21-,22+,25-,26-,27-,28-,29-,30-,33-,34-/m0/s1. The van der Waals surface area contributed by atoms with Gasteiger partial charge in [-0.3, -0.25) is 53.3 Å². The molecule has 2 rings (SSSR count). The van der Waals surface area contributed by atoms with Crippen molar-refractivity contribution in [1.29, 1.82) is 0 Å². The highest BCUT2D eigenvalue weighted by Gasteiger charge is 2.39. The fourth-order valence-electron chi connectivity index (χ4n) is 6.57. The summed E-state index contributed by atoms with van der Waals surface area (Å²) in [5.41, 5.74) is 11.2. The van der Waals surface area contributed by atoms with Gasteiger partial charge in [0.2, 0.25) is 59.1 Å². The van der Waals surface area contributed by atoms with Crippen molar-refractivity contribution in [3.8, 4) is 5.75 Å². The van der Waals surface area contributed by atoms with E-state index in [1.807, 2.05) is 0 Å². The highest BCUT2D eigenvalue weighted by atomic mass is 32.1. The van der Waals surface area contributed by atoms with Crippen LogP contribution in [0.25, 0.3) is 0 Å². The first-order valence-corrected chi connectivity index (χ1v) is 22.7. The molecule has 1 heterocycles.